The maximum Gasteiger partial charge on any atom is 0.237 e. The highest BCUT2D eigenvalue weighted by Crippen LogP contribution is 1.99. The molecule has 1 amide bonds. The summed E-state index contributed by atoms with van der Waals surface area (Å²) in [5.41, 5.74) is 0. The second-order valence-corrected chi connectivity index (χ2v) is 2.56. The summed E-state index contributed by atoms with van der Waals surface area (Å²) in [5, 5.41) is 11.2. The van der Waals surface area contributed by atoms with E-state index in [4.69, 9.17) is 5.26 Å². The lowest BCUT2D eigenvalue weighted by Crippen LogP contribution is -2.30. The lowest BCUT2D eigenvalue weighted by molar-refractivity contribution is -0.123. The maximum atomic E-state index is 11.2. The molecule has 0 spiro atoms. The number of nitrogens with zero attached hydrogens (tertiary/aromatic N) is 1. The van der Waals surface area contributed by atoms with E-state index in [1.54, 1.807) is 6.92 Å². The highest BCUT2D eigenvalue weighted by Gasteiger charge is 2.13. The van der Waals surface area contributed by atoms with E-state index in [0.717, 1.165) is 0 Å². The molecule has 0 saturated carbocycles. The summed E-state index contributed by atoms with van der Waals surface area (Å²) in [6.07, 6.45) is 1.20. The number of carbonyl (C=O) groups excluding carboxylic acids is 1. The van der Waals surface area contributed by atoms with E-state index in [1.165, 1.54) is 0 Å². The van der Waals surface area contributed by atoms with Gasteiger partial charge in [0.15, 0.2) is 0 Å². The van der Waals surface area contributed by atoms with Crippen LogP contribution in [0.2, 0.25) is 0 Å². The molecule has 1 unspecified atom stereocenters. The number of rotatable bonds is 4. The van der Waals surface area contributed by atoms with Gasteiger partial charge in [-0.1, -0.05) is 6.92 Å². The van der Waals surface area contributed by atoms with Crippen LogP contribution in [-0.4, -0.2) is 12.5 Å². The summed E-state index contributed by atoms with van der Waals surface area (Å²) in [5.74, 6) is 4.85. The molecule has 0 bridgehead atoms. The number of nitrogens with one attached hydrogen (secondary N) is 1. The first-order valence-electron chi connectivity index (χ1n) is 4.33. The fourth-order valence-corrected chi connectivity index (χ4v) is 0.832. The Morgan fingerprint density at radius 1 is 1.62 bits per heavy atom. The summed E-state index contributed by atoms with van der Waals surface area (Å²) in [7, 11) is 0. The number of carbonyl (C=O) groups is 1. The molecule has 1 atom stereocenters. The second-order valence-electron chi connectivity index (χ2n) is 2.56. The van der Waals surface area contributed by atoms with Crippen molar-refractivity contribution in [3.63, 3.8) is 0 Å². The molecule has 0 aromatic heterocycles. The summed E-state index contributed by atoms with van der Waals surface area (Å²) in [4.78, 5) is 11.2. The maximum absolute atomic E-state index is 11.2. The van der Waals surface area contributed by atoms with Crippen LogP contribution in [0.3, 0.4) is 0 Å². The van der Waals surface area contributed by atoms with Crippen LogP contribution in [-0.2, 0) is 4.79 Å². The van der Waals surface area contributed by atoms with Crippen molar-refractivity contribution in [2.45, 2.75) is 26.7 Å². The monoisotopic (exact) mass is 178 g/mol. The van der Waals surface area contributed by atoms with E-state index < -0.39 is 5.92 Å². The standard InChI is InChI=1S/C10H14N2O/c1-3-5-6-7-12-10(13)9(4-2)8-11/h9H,4,6-7H2,1-2H3,(H,12,13). The first kappa shape index (κ1) is 11.5. The molecular weight excluding hydrogens is 164 g/mol. The molecule has 0 saturated heterocycles. The van der Waals surface area contributed by atoms with Crippen LogP contribution in [0.25, 0.3) is 0 Å². The summed E-state index contributed by atoms with van der Waals surface area (Å²) >= 11 is 0. The molecule has 0 heterocycles. The second kappa shape index (κ2) is 7.18. The molecule has 3 nitrogen and oxygen atoms in total. The van der Waals surface area contributed by atoms with Crippen LogP contribution >= 0.6 is 0 Å². The molecule has 0 fully saturated rings. The van der Waals surface area contributed by atoms with Gasteiger partial charge < -0.3 is 5.32 Å². The third-order valence-electron chi connectivity index (χ3n) is 1.61. The molecule has 0 radical (unpaired) electrons. The topological polar surface area (TPSA) is 52.9 Å². The first-order chi connectivity index (χ1) is 6.26. The SMILES string of the molecule is CC#CCCNC(=O)C(C#N)CC. The van der Waals surface area contributed by atoms with Crippen LogP contribution in [0, 0.1) is 29.1 Å². The molecule has 13 heavy (non-hydrogen) atoms. The minimum atomic E-state index is -0.519. The van der Waals surface area contributed by atoms with Gasteiger partial charge in [-0.25, -0.2) is 0 Å². The molecule has 0 aromatic rings. The van der Waals surface area contributed by atoms with E-state index >= 15 is 0 Å². The van der Waals surface area contributed by atoms with Crippen molar-refractivity contribution < 1.29 is 4.79 Å². The van der Waals surface area contributed by atoms with Gasteiger partial charge in [-0.3, -0.25) is 4.79 Å². The van der Waals surface area contributed by atoms with Crippen molar-refractivity contribution in [3.05, 3.63) is 0 Å². The van der Waals surface area contributed by atoms with Crippen molar-refractivity contribution in [1.29, 1.82) is 5.26 Å². The zero-order chi connectivity index (χ0) is 10.1. The summed E-state index contributed by atoms with van der Waals surface area (Å²) in [6, 6.07) is 1.94. The Kier molecular flexibility index (Phi) is 6.37. The minimum absolute atomic E-state index is 0.192. The zero-order valence-electron chi connectivity index (χ0n) is 8.05. The van der Waals surface area contributed by atoms with Crippen molar-refractivity contribution in [2.75, 3.05) is 6.54 Å². The Morgan fingerprint density at radius 2 is 2.31 bits per heavy atom. The van der Waals surface area contributed by atoms with Gasteiger partial charge in [-0.05, 0) is 13.3 Å². The van der Waals surface area contributed by atoms with Gasteiger partial charge in [-0.2, -0.15) is 5.26 Å². The number of hydrogen-bond donors (Lipinski definition) is 1. The Bertz CT molecular complexity index is 254. The summed E-state index contributed by atoms with van der Waals surface area (Å²) < 4.78 is 0. The molecule has 0 rings (SSSR count). The Hall–Kier alpha value is -1.48. The lowest BCUT2D eigenvalue weighted by atomic mass is 10.1. The van der Waals surface area contributed by atoms with Crippen LogP contribution in [0.15, 0.2) is 0 Å². The molecular formula is C10H14N2O. The van der Waals surface area contributed by atoms with Gasteiger partial charge in [0.05, 0.1) is 6.07 Å². The van der Waals surface area contributed by atoms with E-state index in [1.807, 2.05) is 13.0 Å². The van der Waals surface area contributed by atoms with Crippen molar-refractivity contribution in [1.82, 2.24) is 5.32 Å². The Morgan fingerprint density at radius 3 is 2.77 bits per heavy atom. The Balaban J connectivity index is 3.72. The van der Waals surface area contributed by atoms with Crippen LogP contribution in [0.4, 0.5) is 0 Å². The van der Waals surface area contributed by atoms with E-state index in [-0.39, 0.29) is 5.91 Å². The zero-order valence-corrected chi connectivity index (χ0v) is 8.05. The van der Waals surface area contributed by atoms with Gasteiger partial charge in [0.25, 0.3) is 0 Å². The highest BCUT2D eigenvalue weighted by molar-refractivity contribution is 5.80. The highest BCUT2D eigenvalue weighted by atomic mass is 16.1. The molecule has 0 aliphatic carbocycles. The van der Waals surface area contributed by atoms with Crippen molar-refractivity contribution in [3.8, 4) is 17.9 Å². The fraction of sp³-hybridized carbons (Fsp3) is 0.600. The van der Waals surface area contributed by atoms with Crippen molar-refractivity contribution in [2.24, 2.45) is 5.92 Å². The quantitative estimate of drug-likeness (QED) is 0.517. The molecule has 70 valence electrons. The van der Waals surface area contributed by atoms with E-state index in [9.17, 15) is 4.79 Å². The largest absolute Gasteiger partial charge is 0.354 e. The van der Waals surface area contributed by atoms with Gasteiger partial charge in [0, 0.05) is 13.0 Å². The van der Waals surface area contributed by atoms with Crippen molar-refractivity contribution >= 4 is 5.91 Å². The number of hydrogen-bond acceptors (Lipinski definition) is 2. The van der Waals surface area contributed by atoms with Crippen LogP contribution < -0.4 is 5.32 Å². The van der Waals surface area contributed by atoms with E-state index in [0.29, 0.717) is 19.4 Å². The molecule has 0 aromatic carbocycles. The number of nitriles is 1. The minimum Gasteiger partial charge on any atom is -0.354 e. The van der Waals surface area contributed by atoms with Gasteiger partial charge in [-0.15, -0.1) is 11.8 Å². The lowest BCUT2D eigenvalue weighted by Gasteiger charge is -2.05. The predicted octanol–water partition coefficient (Wildman–Crippen LogP) is 1.07. The third-order valence-corrected chi connectivity index (χ3v) is 1.61. The van der Waals surface area contributed by atoms with Gasteiger partial charge in [0.2, 0.25) is 5.91 Å². The smallest absolute Gasteiger partial charge is 0.237 e. The van der Waals surface area contributed by atoms with Gasteiger partial charge in [0.1, 0.15) is 5.92 Å². The molecule has 0 aliphatic heterocycles. The normalized spacial score (nSPS) is 10.5. The predicted molar refractivity (Wildman–Crippen MR) is 50.5 cm³/mol. The average molecular weight is 178 g/mol. The van der Waals surface area contributed by atoms with Gasteiger partial charge >= 0.3 is 0 Å². The first-order valence-corrected chi connectivity index (χ1v) is 4.33. The molecule has 3 heteroatoms. The Labute approximate surface area is 79.1 Å². The average Bonchev–Trinajstić information content (AvgIpc) is 2.14. The third kappa shape index (κ3) is 4.87. The van der Waals surface area contributed by atoms with Crippen LogP contribution in [0.5, 0.6) is 0 Å². The van der Waals surface area contributed by atoms with E-state index in [2.05, 4.69) is 17.2 Å². The number of amides is 1. The summed E-state index contributed by atoms with van der Waals surface area (Å²) in [6.45, 7) is 4.10. The molecule has 0 aliphatic rings. The fourth-order valence-electron chi connectivity index (χ4n) is 0.832. The molecule has 1 N–H and O–H groups in total. The van der Waals surface area contributed by atoms with Crippen LogP contribution in [0.1, 0.15) is 26.7 Å².